The lowest BCUT2D eigenvalue weighted by Gasteiger charge is -2.16. The molecular formula is C11H19N3O2S. The number of rotatable bonds is 6. The summed E-state index contributed by atoms with van der Waals surface area (Å²) in [6.07, 6.45) is 0. The maximum absolute atomic E-state index is 11.5. The molecule has 0 saturated carbocycles. The summed E-state index contributed by atoms with van der Waals surface area (Å²) in [5.74, 6) is 0.130. The van der Waals surface area contributed by atoms with E-state index in [9.17, 15) is 8.42 Å². The van der Waals surface area contributed by atoms with Gasteiger partial charge in [-0.1, -0.05) is 0 Å². The summed E-state index contributed by atoms with van der Waals surface area (Å²) >= 11 is 0. The van der Waals surface area contributed by atoms with Gasteiger partial charge in [-0.15, -0.1) is 0 Å². The molecule has 0 aliphatic carbocycles. The van der Waals surface area contributed by atoms with Crippen LogP contribution < -0.4 is 11.1 Å². The summed E-state index contributed by atoms with van der Waals surface area (Å²) < 4.78 is 24.3. The van der Waals surface area contributed by atoms with E-state index in [1.807, 2.05) is 12.1 Å². The van der Waals surface area contributed by atoms with Gasteiger partial charge in [-0.25, -0.2) is 12.7 Å². The monoisotopic (exact) mass is 257 g/mol. The summed E-state index contributed by atoms with van der Waals surface area (Å²) in [5.41, 5.74) is 7.20. The zero-order valence-electron chi connectivity index (χ0n) is 10.2. The first-order chi connectivity index (χ1) is 7.95. The zero-order chi connectivity index (χ0) is 12.9. The van der Waals surface area contributed by atoms with E-state index in [0.717, 1.165) is 5.69 Å². The molecule has 3 N–H and O–H groups in total. The fourth-order valence-corrected chi connectivity index (χ4v) is 2.13. The molecule has 1 aromatic carbocycles. The zero-order valence-corrected chi connectivity index (χ0v) is 11.0. The lowest BCUT2D eigenvalue weighted by Crippen LogP contribution is -2.32. The molecule has 0 saturated heterocycles. The van der Waals surface area contributed by atoms with Crippen LogP contribution >= 0.6 is 0 Å². The predicted octanol–water partition coefficient (Wildman–Crippen LogP) is 0.962. The van der Waals surface area contributed by atoms with Crippen LogP contribution in [0.25, 0.3) is 0 Å². The second kappa shape index (κ2) is 5.88. The Balaban J connectivity index is 2.41. The smallest absolute Gasteiger partial charge is 0.213 e. The molecule has 1 rings (SSSR count). The van der Waals surface area contributed by atoms with Crippen molar-refractivity contribution in [2.24, 2.45) is 0 Å². The van der Waals surface area contributed by atoms with Gasteiger partial charge in [0.15, 0.2) is 0 Å². The molecule has 96 valence electrons. The highest BCUT2D eigenvalue weighted by molar-refractivity contribution is 7.89. The van der Waals surface area contributed by atoms with Crippen molar-refractivity contribution in [2.45, 2.75) is 6.92 Å². The molecule has 17 heavy (non-hydrogen) atoms. The Morgan fingerprint density at radius 1 is 1.29 bits per heavy atom. The molecule has 0 aliphatic heterocycles. The van der Waals surface area contributed by atoms with E-state index in [2.05, 4.69) is 5.32 Å². The Labute approximate surface area is 103 Å². The number of hydrogen-bond donors (Lipinski definition) is 2. The van der Waals surface area contributed by atoms with Crippen LogP contribution in [0.5, 0.6) is 0 Å². The average Bonchev–Trinajstić information content (AvgIpc) is 2.31. The number of nitrogens with zero attached hydrogens (tertiary/aromatic N) is 1. The molecule has 0 spiro atoms. The number of nitrogens with two attached hydrogens (primary N) is 1. The third-order valence-electron chi connectivity index (χ3n) is 2.51. The highest BCUT2D eigenvalue weighted by Gasteiger charge is 2.13. The van der Waals surface area contributed by atoms with Crippen LogP contribution in [0.3, 0.4) is 0 Å². The summed E-state index contributed by atoms with van der Waals surface area (Å²) in [6, 6.07) is 7.33. The van der Waals surface area contributed by atoms with Crippen LogP contribution in [-0.4, -0.2) is 38.6 Å². The first-order valence-electron chi connectivity index (χ1n) is 5.49. The van der Waals surface area contributed by atoms with Gasteiger partial charge in [0.2, 0.25) is 10.0 Å². The SMILES string of the molecule is CCS(=O)(=O)N(C)CCNc1ccc(N)cc1. The molecule has 0 unspecified atom stereocenters. The number of nitrogen functional groups attached to an aromatic ring is 1. The maximum Gasteiger partial charge on any atom is 0.213 e. The molecule has 0 aromatic heterocycles. The molecule has 0 fully saturated rings. The Bertz CT molecular complexity index is 442. The normalized spacial score (nSPS) is 11.7. The van der Waals surface area contributed by atoms with Crippen molar-refractivity contribution in [3.63, 3.8) is 0 Å². The fourth-order valence-electron chi connectivity index (χ4n) is 1.32. The molecule has 0 heterocycles. The summed E-state index contributed by atoms with van der Waals surface area (Å²) in [7, 11) is -1.50. The molecule has 0 aliphatic rings. The summed E-state index contributed by atoms with van der Waals surface area (Å²) in [6.45, 7) is 2.65. The van der Waals surface area contributed by atoms with Gasteiger partial charge in [0.1, 0.15) is 0 Å². The molecule has 1 aromatic rings. The number of anilines is 2. The highest BCUT2D eigenvalue weighted by atomic mass is 32.2. The molecule has 0 bridgehead atoms. The standard InChI is InChI=1S/C11H19N3O2S/c1-3-17(15,16)14(2)9-8-13-11-6-4-10(12)5-7-11/h4-7,13H,3,8-9,12H2,1-2H3. The van der Waals surface area contributed by atoms with E-state index in [1.165, 1.54) is 4.31 Å². The first-order valence-corrected chi connectivity index (χ1v) is 7.10. The lowest BCUT2D eigenvalue weighted by molar-refractivity contribution is 0.481. The van der Waals surface area contributed by atoms with Gasteiger partial charge in [0.25, 0.3) is 0 Å². The van der Waals surface area contributed by atoms with Gasteiger partial charge in [-0.05, 0) is 31.2 Å². The number of sulfonamides is 1. The van der Waals surface area contributed by atoms with Gasteiger partial charge in [-0.2, -0.15) is 0 Å². The van der Waals surface area contributed by atoms with Crippen molar-refractivity contribution in [3.8, 4) is 0 Å². The highest BCUT2D eigenvalue weighted by Crippen LogP contribution is 2.10. The minimum atomic E-state index is -3.09. The Morgan fingerprint density at radius 3 is 2.41 bits per heavy atom. The Hall–Kier alpha value is -1.27. The maximum atomic E-state index is 11.5. The van der Waals surface area contributed by atoms with Crippen molar-refractivity contribution in [1.82, 2.24) is 4.31 Å². The van der Waals surface area contributed by atoms with Gasteiger partial charge in [0.05, 0.1) is 5.75 Å². The van der Waals surface area contributed by atoms with Gasteiger partial charge >= 0.3 is 0 Å². The minimum Gasteiger partial charge on any atom is -0.399 e. The van der Waals surface area contributed by atoms with Gasteiger partial charge < -0.3 is 11.1 Å². The van der Waals surface area contributed by atoms with Crippen LogP contribution in [0.2, 0.25) is 0 Å². The number of nitrogens with one attached hydrogen (secondary N) is 1. The van der Waals surface area contributed by atoms with Crippen LogP contribution in [-0.2, 0) is 10.0 Å². The van der Waals surface area contributed by atoms with Crippen LogP contribution in [0, 0.1) is 0 Å². The summed E-state index contributed by atoms with van der Waals surface area (Å²) in [4.78, 5) is 0. The van der Waals surface area contributed by atoms with Crippen molar-refractivity contribution in [1.29, 1.82) is 0 Å². The van der Waals surface area contributed by atoms with Crippen LogP contribution in [0.1, 0.15) is 6.92 Å². The van der Waals surface area contributed by atoms with E-state index in [-0.39, 0.29) is 5.75 Å². The van der Waals surface area contributed by atoms with Crippen LogP contribution in [0.15, 0.2) is 24.3 Å². The molecule has 0 atom stereocenters. The quantitative estimate of drug-likeness (QED) is 0.744. The van der Waals surface area contributed by atoms with E-state index >= 15 is 0 Å². The van der Waals surface area contributed by atoms with Crippen molar-refractivity contribution in [3.05, 3.63) is 24.3 Å². The van der Waals surface area contributed by atoms with Crippen molar-refractivity contribution < 1.29 is 8.42 Å². The average molecular weight is 257 g/mol. The van der Waals surface area contributed by atoms with Crippen molar-refractivity contribution >= 4 is 21.4 Å². The first kappa shape index (κ1) is 13.8. The Morgan fingerprint density at radius 2 is 1.88 bits per heavy atom. The number of benzene rings is 1. The third-order valence-corrected chi connectivity index (χ3v) is 4.37. The van der Waals surface area contributed by atoms with E-state index in [0.29, 0.717) is 18.8 Å². The van der Waals surface area contributed by atoms with E-state index < -0.39 is 10.0 Å². The number of likely N-dealkylation sites (N-methyl/N-ethyl adjacent to an activating group) is 1. The molecule has 5 nitrogen and oxygen atoms in total. The predicted molar refractivity (Wildman–Crippen MR) is 71.4 cm³/mol. The lowest BCUT2D eigenvalue weighted by atomic mass is 10.3. The fraction of sp³-hybridized carbons (Fsp3) is 0.455. The van der Waals surface area contributed by atoms with E-state index in [1.54, 1.807) is 26.1 Å². The Kier molecular flexibility index (Phi) is 4.77. The van der Waals surface area contributed by atoms with E-state index in [4.69, 9.17) is 5.73 Å². The molecule has 6 heteroatoms. The number of hydrogen-bond acceptors (Lipinski definition) is 4. The van der Waals surface area contributed by atoms with Gasteiger partial charge in [-0.3, -0.25) is 0 Å². The van der Waals surface area contributed by atoms with Crippen LogP contribution in [0.4, 0.5) is 11.4 Å². The molecule has 0 radical (unpaired) electrons. The second-order valence-corrected chi connectivity index (χ2v) is 6.14. The second-order valence-electron chi connectivity index (χ2n) is 3.77. The third kappa shape index (κ3) is 4.24. The topological polar surface area (TPSA) is 75.4 Å². The van der Waals surface area contributed by atoms with Crippen molar-refractivity contribution in [2.75, 3.05) is 36.9 Å². The molecular weight excluding hydrogens is 238 g/mol. The minimum absolute atomic E-state index is 0.130. The summed E-state index contributed by atoms with van der Waals surface area (Å²) in [5, 5.41) is 3.14. The van der Waals surface area contributed by atoms with Gasteiger partial charge in [0, 0.05) is 31.5 Å². The molecule has 0 amide bonds. The largest absolute Gasteiger partial charge is 0.399 e.